The third kappa shape index (κ3) is 5.31. The van der Waals surface area contributed by atoms with Crippen molar-refractivity contribution in [3.8, 4) is 11.5 Å². The fourth-order valence-electron chi connectivity index (χ4n) is 1.69. The quantitative estimate of drug-likeness (QED) is 0.696. The van der Waals surface area contributed by atoms with Gasteiger partial charge in [0.05, 0.1) is 17.7 Å². The molecule has 1 aromatic rings. The van der Waals surface area contributed by atoms with Gasteiger partial charge in [-0.2, -0.15) is 0 Å². The Morgan fingerprint density at radius 2 is 2.05 bits per heavy atom. The van der Waals surface area contributed by atoms with E-state index in [9.17, 15) is 0 Å². The molecule has 0 aliphatic carbocycles. The summed E-state index contributed by atoms with van der Waals surface area (Å²) >= 11 is 3.55. The van der Waals surface area contributed by atoms with Crippen LogP contribution in [-0.4, -0.2) is 33.5 Å². The number of benzene rings is 1. The Morgan fingerprint density at radius 1 is 1.30 bits per heavy atom. The molecule has 1 aromatic carbocycles. The summed E-state index contributed by atoms with van der Waals surface area (Å²) < 4.78 is 17.3. The van der Waals surface area contributed by atoms with E-state index >= 15 is 0 Å². The Labute approximate surface area is 129 Å². The standard InChI is InChI=1S/C15H24BrNO3/c1-5-6-17-9-12-7-13(16)15(14(8-12)19-4)20-10-11(2)18-3/h7-8,11,17H,5-6,9-10H2,1-4H3. The molecule has 4 nitrogen and oxygen atoms in total. The maximum Gasteiger partial charge on any atom is 0.175 e. The Kier molecular flexibility index (Phi) is 7.95. The Morgan fingerprint density at radius 3 is 2.65 bits per heavy atom. The minimum atomic E-state index is 0.0394. The fourth-order valence-corrected chi connectivity index (χ4v) is 2.30. The molecule has 0 radical (unpaired) electrons. The molecule has 0 spiro atoms. The molecule has 1 unspecified atom stereocenters. The SMILES string of the molecule is CCCNCc1cc(Br)c(OCC(C)OC)c(OC)c1. The highest BCUT2D eigenvalue weighted by atomic mass is 79.9. The summed E-state index contributed by atoms with van der Waals surface area (Å²) in [5.41, 5.74) is 1.16. The van der Waals surface area contributed by atoms with Crippen LogP contribution >= 0.6 is 15.9 Å². The zero-order valence-electron chi connectivity index (χ0n) is 12.7. The maximum atomic E-state index is 5.77. The second-order valence-corrected chi connectivity index (χ2v) is 5.50. The van der Waals surface area contributed by atoms with Gasteiger partial charge in [-0.05, 0) is 53.5 Å². The highest BCUT2D eigenvalue weighted by Crippen LogP contribution is 2.36. The number of halogens is 1. The van der Waals surface area contributed by atoms with Gasteiger partial charge in [0.25, 0.3) is 0 Å². The van der Waals surface area contributed by atoms with Crippen LogP contribution < -0.4 is 14.8 Å². The van der Waals surface area contributed by atoms with Crippen molar-refractivity contribution in [2.24, 2.45) is 0 Å². The summed E-state index contributed by atoms with van der Waals surface area (Å²) in [6.45, 7) is 6.42. The van der Waals surface area contributed by atoms with E-state index in [4.69, 9.17) is 14.2 Å². The first-order chi connectivity index (χ1) is 9.62. The molecule has 1 N–H and O–H groups in total. The van der Waals surface area contributed by atoms with Crippen molar-refractivity contribution in [2.45, 2.75) is 32.9 Å². The molecule has 0 amide bonds. The second kappa shape index (κ2) is 9.21. The number of rotatable bonds is 9. The van der Waals surface area contributed by atoms with Gasteiger partial charge >= 0.3 is 0 Å². The van der Waals surface area contributed by atoms with E-state index in [0.29, 0.717) is 6.61 Å². The van der Waals surface area contributed by atoms with Crippen molar-refractivity contribution < 1.29 is 14.2 Å². The van der Waals surface area contributed by atoms with Crippen LogP contribution in [0.2, 0.25) is 0 Å². The van der Waals surface area contributed by atoms with Crippen LogP contribution in [0.25, 0.3) is 0 Å². The average Bonchev–Trinajstić information content (AvgIpc) is 2.45. The second-order valence-electron chi connectivity index (χ2n) is 4.64. The van der Waals surface area contributed by atoms with Crippen LogP contribution in [0.15, 0.2) is 16.6 Å². The molecule has 0 aromatic heterocycles. The van der Waals surface area contributed by atoms with Crippen LogP contribution in [0.1, 0.15) is 25.8 Å². The molecule has 0 saturated carbocycles. The molecular formula is C15H24BrNO3. The fraction of sp³-hybridized carbons (Fsp3) is 0.600. The highest BCUT2D eigenvalue weighted by molar-refractivity contribution is 9.10. The van der Waals surface area contributed by atoms with Gasteiger partial charge in [0, 0.05) is 13.7 Å². The smallest absolute Gasteiger partial charge is 0.175 e. The van der Waals surface area contributed by atoms with Gasteiger partial charge in [0.1, 0.15) is 6.61 Å². The molecule has 20 heavy (non-hydrogen) atoms. The molecule has 0 aliphatic heterocycles. The van der Waals surface area contributed by atoms with Crippen molar-refractivity contribution >= 4 is 15.9 Å². The van der Waals surface area contributed by atoms with E-state index in [0.717, 1.165) is 41.0 Å². The van der Waals surface area contributed by atoms with E-state index < -0.39 is 0 Å². The van der Waals surface area contributed by atoms with Crippen molar-refractivity contribution in [1.82, 2.24) is 5.32 Å². The Balaban J connectivity index is 2.79. The average molecular weight is 346 g/mol. The largest absolute Gasteiger partial charge is 0.493 e. The lowest BCUT2D eigenvalue weighted by Gasteiger charge is -2.16. The minimum absolute atomic E-state index is 0.0394. The molecule has 1 rings (SSSR count). The molecule has 1 atom stereocenters. The predicted molar refractivity (Wildman–Crippen MR) is 84.7 cm³/mol. The van der Waals surface area contributed by atoms with Crippen LogP contribution in [0.3, 0.4) is 0 Å². The Bertz CT molecular complexity index is 412. The number of methoxy groups -OCH3 is 2. The minimum Gasteiger partial charge on any atom is -0.493 e. The molecule has 5 heteroatoms. The number of hydrogen-bond acceptors (Lipinski definition) is 4. The first-order valence-electron chi connectivity index (χ1n) is 6.85. The number of nitrogens with one attached hydrogen (secondary N) is 1. The molecule has 0 heterocycles. The molecule has 114 valence electrons. The zero-order valence-corrected chi connectivity index (χ0v) is 14.2. The lowest BCUT2D eigenvalue weighted by atomic mass is 10.2. The third-order valence-corrected chi connectivity index (χ3v) is 3.50. The van der Waals surface area contributed by atoms with E-state index in [2.05, 4.69) is 34.2 Å². The van der Waals surface area contributed by atoms with Gasteiger partial charge in [-0.25, -0.2) is 0 Å². The summed E-state index contributed by atoms with van der Waals surface area (Å²) in [5, 5.41) is 3.37. The van der Waals surface area contributed by atoms with E-state index in [1.165, 1.54) is 0 Å². The van der Waals surface area contributed by atoms with Crippen molar-refractivity contribution in [3.63, 3.8) is 0 Å². The molecule has 0 aliphatic rings. The van der Waals surface area contributed by atoms with Crippen LogP contribution in [0.5, 0.6) is 11.5 Å². The van der Waals surface area contributed by atoms with Crippen LogP contribution in [0, 0.1) is 0 Å². The molecule has 0 bridgehead atoms. The van der Waals surface area contributed by atoms with E-state index in [1.807, 2.05) is 13.0 Å². The van der Waals surface area contributed by atoms with Gasteiger partial charge in [0.15, 0.2) is 11.5 Å². The van der Waals surface area contributed by atoms with Crippen molar-refractivity contribution in [2.75, 3.05) is 27.4 Å². The van der Waals surface area contributed by atoms with Gasteiger partial charge < -0.3 is 19.5 Å². The van der Waals surface area contributed by atoms with Gasteiger partial charge in [-0.15, -0.1) is 0 Å². The highest BCUT2D eigenvalue weighted by Gasteiger charge is 2.13. The summed E-state index contributed by atoms with van der Waals surface area (Å²) in [5.74, 6) is 1.45. The summed E-state index contributed by atoms with van der Waals surface area (Å²) in [6, 6.07) is 4.05. The summed E-state index contributed by atoms with van der Waals surface area (Å²) in [7, 11) is 3.32. The maximum absolute atomic E-state index is 5.77. The van der Waals surface area contributed by atoms with Crippen LogP contribution in [0.4, 0.5) is 0 Å². The monoisotopic (exact) mass is 345 g/mol. The molecule has 0 saturated heterocycles. The first kappa shape index (κ1) is 17.3. The van der Waals surface area contributed by atoms with Crippen LogP contribution in [-0.2, 0) is 11.3 Å². The molecule has 0 fully saturated rings. The van der Waals surface area contributed by atoms with Gasteiger partial charge in [0.2, 0.25) is 0 Å². The summed E-state index contributed by atoms with van der Waals surface area (Å²) in [4.78, 5) is 0. The lowest BCUT2D eigenvalue weighted by molar-refractivity contribution is 0.0703. The van der Waals surface area contributed by atoms with E-state index in [-0.39, 0.29) is 6.10 Å². The van der Waals surface area contributed by atoms with Crippen molar-refractivity contribution in [3.05, 3.63) is 22.2 Å². The van der Waals surface area contributed by atoms with E-state index in [1.54, 1.807) is 14.2 Å². The van der Waals surface area contributed by atoms with Gasteiger partial charge in [-0.1, -0.05) is 6.92 Å². The number of hydrogen-bond donors (Lipinski definition) is 1. The molecular weight excluding hydrogens is 322 g/mol. The lowest BCUT2D eigenvalue weighted by Crippen LogP contribution is -2.17. The third-order valence-electron chi connectivity index (χ3n) is 2.91. The normalized spacial score (nSPS) is 12.2. The summed E-state index contributed by atoms with van der Waals surface area (Å²) in [6.07, 6.45) is 1.16. The van der Waals surface area contributed by atoms with Crippen molar-refractivity contribution in [1.29, 1.82) is 0 Å². The van der Waals surface area contributed by atoms with Gasteiger partial charge in [-0.3, -0.25) is 0 Å². The topological polar surface area (TPSA) is 39.7 Å². The zero-order chi connectivity index (χ0) is 15.0. The predicted octanol–water partition coefficient (Wildman–Crippen LogP) is 3.37. The number of ether oxygens (including phenoxy) is 3. The Hall–Kier alpha value is -0.780. The first-order valence-corrected chi connectivity index (χ1v) is 7.64.